The molecule has 0 fully saturated rings. The number of hydrogen-bond donors (Lipinski definition) is 1. The minimum Gasteiger partial charge on any atom is -0.506 e. The van der Waals surface area contributed by atoms with E-state index in [0.717, 1.165) is 10.1 Å². The predicted octanol–water partition coefficient (Wildman–Crippen LogP) is 8.47. The Morgan fingerprint density at radius 3 is 2.05 bits per heavy atom. The highest BCUT2D eigenvalue weighted by Gasteiger charge is 2.40. The highest BCUT2D eigenvalue weighted by atomic mass is 19.4. The zero-order chi connectivity index (χ0) is 28.3. The van der Waals surface area contributed by atoms with Gasteiger partial charge in [0, 0.05) is 22.8 Å². The molecule has 3 nitrogen and oxygen atoms in total. The van der Waals surface area contributed by atoms with E-state index in [2.05, 4.69) is 6.58 Å². The van der Waals surface area contributed by atoms with Crippen molar-refractivity contribution >= 4 is 27.8 Å². The number of allylic oxidation sites excluding steroid dienone is 4. The molecule has 0 aliphatic heterocycles. The van der Waals surface area contributed by atoms with E-state index < -0.39 is 35.0 Å². The molecule has 1 N–H and O–H groups in total. The SMILES string of the molecule is C=C/C(=C1/C(=O)C(c2cn(-c3cc(C(F)(F)F)cc(C(F)(F)F)c3)c3ccccc23)=C1O)c1ccccc1C. The van der Waals surface area contributed by atoms with Crippen LogP contribution in [0.5, 0.6) is 0 Å². The lowest BCUT2D eigenvalue weighted by atomic mass is 9.79. The summed E-state index contributed by atoms with van der Waals surface area (Å²) in [6.45, 7) is 5.60. The van der Waals surface area contributed by atoms with Crippen molar-refractivity contribution in [2.45, 2.75) is 19.3 Å². The quantitative estimate of drug-likeness (QED) is 0.209. The van der Waals surface area contributed by atoms with E-state index in [4.69, 9.17) is 0 Å². The third-order valence-electron chi connectivity index (χ3n) is 6.67. The van der Waals surface area contributed by atoms with E-state index in [1.165, 1.54) is 18.3 Å². The fourth-order valence-corrected chi connectivity index (χ4v) is 4.79. The van der Waals surface area contributed by atoms with Gasteiger partial charge in [0.2, 0.25) is 5.78 Å². The summed E-state index contributed by atoms with van der Waals surface area (Å²) >= 11 is 0. The van der Waals surface area contributed by atoms with Gasteiger partial charge in [0.1, 0.15) is 5.76 Å². The van der Waals surface area contributed by atoms with E-state index >= 15 is 0 Å². The molecule has 0 spiro atoms. The van der Waals surface area contributed by atoms with Gasteiger partial charge in [0.15, 0.2) is 0 Å². The lowest BCUT2D eigenvalue weighted by molar-refractivity contribution is -0.143. The van der Waals surface area contributed by atoms with E-state index in [1.54, 1.807) is 30.3 Å². The number of rotatable bonds is 4. The molecular formula is C30H19F6NO2. The molecule has 0 bridgehead atoms. The normalized spacial score (nSPS) is 15.5. The molecule has 0 radical (unpaired) electrons. The first-order valence-corrected chi connectivity index (χ1v) is 11.6. The van der Waals surface area contributed by atoms with Crippen LogP contribution in [0.4, 0.5) is 26.3 Å². The first-order valence-electron chi connectivity index (χ1n) is 11.6. The molecule has 3 aromatic carbocycles. The maximum atomic E-state index is 13.5. The highest BCUT2D eigenvalue weighted by Crippen LogP contribution is 2.45. The number of aryl methyl sites for hydroxylation is 1. The third-order valence-corrected chi connectivity index (χ3v) is 6.67. The highest BCUT2D eigenvalue weighted by molar-refractivity contribution is 6.42. The minimum atomic E-state index is -5.02. The molecule has 9 heteroatoms. The Labute approximate surface area is 218 Å². The lowest BCUT2D eigenvalue weighted by Gasteiger charge is -2.24. The van der Waals surface area contributed by atoms with Crippen LogP contribution in [-0.4, -0.2) is 15.5 Å². The number of alkyl halides is 6. The number of nitrogens with zero attached hydrogens (tertiary/aromatic N) is 1. The van der Waals surface area contributed by atoms with Crippen LogP contribution in [-0.2, 0) is 17.1 Å². The summed E-state index contributed by atoms with van der Waals surface area (Å²) in [6, 6.07) is 14.7. The van der Waals surface area contributed by atoms with Gasteiger partial charge in [-0.3, -0.25) is 4.79 Å². The molecule has 0 atom stereocenters. The van der Waals surface area contributed by atoms with Crippen LogP contribution in [0.1, 0.15) is 27.8 Å². The smallest absolute Gasteiger partial charge is 0.416 e. The summed E-state index contributed by atoms with van der Waals surface area (Å²) in [5.74, 6) is -0.852. The largest absolute Gasteiger partial charge is 0.506 e. The molecule has 0 amide bonds. The molecule has 1 heterocycles. The maximum absolute atomic E-state index is 13.5. The Kier molecular flexibility index (Phi) is 6.05. The van der Waals surface area contributed by atoms with Crippen molar-refractivity contribution in [1.29, 1.82) is 0 Å². The van der Waals surface area contributed by atoms with Gasteiger partial charge < -0.3 is 9.67 Å². The van der Waals surface area contributed by atoms with Crippen molar-refractivity contribution in [3.8, 4) is 5.69 Å². The lowest BCUT2D eigenvalue weighted by Crippen LogP contribution is -2.22. The number of aliphatic hydroxyl groups is 1. The summed E-state index contributed by atoms with van der Waals surface area (Å²) in [5.41, 5.74) is -1.00. The van der Waals surface area contributed by atoms with Crippen molar-refractivity contribution in [3.05, 3.63) is 125 Å². The first kappa shape index (κ1) is 26.1. The van der Waals surface area contributed by atoms with Gasteiger partial charge in [0.25, 0.3) is 0 Å². The molecule has 1 aromatic heterocycles. The van der Waals surface area contributed by atoms with Gasteiger partial charge in [-0.1, -0.05) is 55.1 Å². The van der Waals surface area contributed by atoms with Gasteiger partial charge in [-0.25, -0.2) is 0 Å². The molecule has 0 saturated heterocycles. The van der Waals surface area contributed by atoms with Gasteiger partial charge in [-0.05, 0) is 47.9 Å². The van der Waals surface area contributed by atoms with E-state index in [0.29, 0.717) is 28.7 Å². The molecule has 39 heavy (non-hydrogen) atoms. The van der Waals surface area contributed by atoms with Crippen molar-refractivity contribution in [2.24, 2.45) is 0 Å². The van der Waals surface area contributed by atoms with Crippen LogP contribution in [0.15, 0.2) is 96.9 Å². The number of para-hydroxylation sites is 1. The first-order chi connectivity index (χ1) is 18.3. The summed E-state index contributed by atoms with van der Waals surface area (Å²) in [6.07, 6.45) is -7.33. The fraction of sp³-hybridized carbons (Fsp3) is 0.100. The molecule has 5 rings (SSSR count). The number of aromatic nitrogens is 1. The van der Waals surface area contributed by atoms with E-state index in [1.807, 2.05) is 19.1 Å². The van der Waals surface area contributed by atoms with E-state index in [9.17, 15) is 36.2 Å². The van der Waals surface area contributed by atoms with Crippen LogP contribution >= 0.6 is 0 Å². The third kappa shape index (κ3) is 4.33. The monoisotopic (exact) mass is 539 g/mol. The average Bonchev–Trinajstić information content (AvgIpc) is 3.25. The van der Waals surface area contributed by atoms with Crippen LogP contribution < -0.4 is 0 Å². The maximum Gasteiger partial charge on any atom is 0.416 e. The average molecular weight is 539 g/mol. The Balaban J connectivity index is 1.74. The van der Waals surface area contributed by atoms with Crippen molar-refractivity contribution in [1.82, 2.24) is 4.57 Å². The summed E-state index contributed by atoms with van der Waals surface area (Å²) in [4.78, 5) is 13.4. The zero-order valence-corrected chi connectivity index (χ0v) is 20.3. The number of aliphatic hydroxyl groups excluding tert-OH is 1. The number of Topliss-reactive ketones (excluding diaryl/α,β-unsaturated/α-hetero) is 1. The second-order valence-corrected chi connectivity index (χ2v) is 9.05. The molecule has 0 saturated carbocycles. The zero-order valence-electron chi connectivity index (χ0n) is 20.3. The molecule has 1 aliphatic carbocycles. The number of carbonyl (C=O) groups is 1. The van der Waals surface area contributed by atoms with Crippen molar-refractivity contribution in [3.63, 3.8) is 0 Å². The topological polar surface area (TPSA) is 42.2 Å². The van der Waals surface area contributed by atoms with E-state index in [-0.39, 0.29) is 34.1 Å². The number of fused-ring (bicyclic) bond motifs is 1. The predicted molar refractivity (Wildman–Crippen MR) is 136 cm³/mol. The number of ketones is 1. The summed E-state index contributed by atoms with van der Waals surface area (Å²) in [5, 5.41) is 11.4. The van der Waals surface area contributed by atoms with Crippen LogP contribution in [0, 0.1) is 6.92 Å². The standard InChI is InChI=1S/C30H19F6NO2/c1-3-20(21-9-5-4-8-16(21)2)25-27(38)26(28(25)39)23-15-37(24-11-7-6-10-22(23)24)19-13-17(29(31,32)33)12-18(14-19)30(34,35)36/h3-15,38H,1H2,2H3/b25-20-. The van der Waals surface area contributed by atoms with Gasteiger partial charge in [-0.15, -0.1) is 0 Å². The molecule has 198 valence electrons. The Morgan fingerprint density at radius 1 is 0.897 bits per heavy atom. The Bertz CT molecular complexity index is 1700. The molecule has 0 unspecified atom stereocenters. The minimum absolute atomic E-state index is 0.0320. The molecule has 1 aliphatic rings. The second-order valence-electron chi connectivity index (χ2n) is 9.05. The molecular weight excluding hydrogens is 520 g/mol. The Hall–Kier alpha value is -4.53. The van der Waals surface area contributed by atoms with Gasteiger partial charge in [0.05, 0.1) is 27.8 Å². The van der Waals surface area contributed by atoms with Crippen LogP contribution in [0.3, 0.4) is 0 Å². The summed E-state index contributed by atoms with van der Waals surface area (Å²) in [7, 11) is 0. The number of halogens is 6. The fourth-order valence-electron chi connectivity index (χ4n) is 4.79. The second kappa shape index (κ2) is 9.04. The van der Waals surface area contributed by atoms with Crippen molar-refractivity contribution in [2.75, 3.05) is 0 Å². The molecule has 4 aromatic rings. The number of benzene rings is 3. The van der Waals surface area contributed by atoms with Crippen LogP contribution in [0.25, 0.3) is 27.7 Å². The van der Waals surface area contributed by atoms with Gasteiger partial charge >= 0.3 is 12.4 Å². The van der Waals surface area contributed by atoms with Gasteiger partial charge in [-0.2, -0.15) is 26.3 Å². The number of hydrogen-bond acceptors (Lipinski definition) is 2. The van der Waals surface area contributed by atoms with Crippen molar-refractivity contribution < 1.29 is 36.2 Å². The van der Waals surface area contributed by atoms with Crippen LogP contribution in [0.2, 0.25) is 0 Å². The summed E-state index contributed by atoms with van der Waals surface area (Å²) < 4.78 is 82.2. The Morgan fingerprint density at radius 2 is 1.49 bits per heavy atom. The number of carbonyl (C=O) groups excluding carboxylic acids is 1.